The molecule has 0 aliphatic rings. The number of aromatic nitrogens is 2. The number of hydrazone groups is 1. The molecule has 0 saturated carbocycles. The van der Waals surface area contributed by atoms with E-state index in [0.717, 1.165) is 47.7 Å². The van der Waals surface area contributed by atoms with E-state index in [0.29, 0.717) is 5.56 Å². The van der Waals surface area contributed by atoms with Gasteiger partial charge in [0.25, 0.3) is 5.91 Å². The molecule has 0 bridgehead atoms. The van der Waals surface area contributed by atoms with Gasteiger partial charge in [0.1, 0.15) is 11.6 Å². The lowest BCUT2D eigenvalue weighted by atomic mass is 10.1. The van der Waals surface area contributed by atoms with Gasteiger partial charge in [-0.2, -0.15) is 5.10 Å². The summed E-state index contributed by atoms with van der Waals surface area (Å²) in [6, 6.07) is 13.3. The van der Waals surface area contributed by atoms with E-state index >= 15 is 0 Å². The van der Waals surface area contributed by atoms with Crippen LogP contribution >= 0.6 is 0 Å². The molecule has 0 unspecified atom stereocenters. The molecule has 1 N–H and O–H groups in total. The Morgan fingerprint density at radius 2 is 1.81 bits per heavy atom. The Hall–Kier alpha value is -3.15. The highest BCUT2D eigenvalue weighted by Crippen LogP contribution is 2.18. The first-order valence-corrected chi connectivity index (χ1v) is 11.7. The predicted molar refractivity (Wildman–Crippen MR) is 131 cm³/mol. The second-order valence-corrected chi connectivity index (χ2v) is 7.99. The molecule has 3 aromatic rings. The van der Waals surface area contributed by atoms with Crippen molar-refractivity contribution < 1.29 is 9.53 Å². The number of aryl methyl sites for hydroxylation is 2. The molecular weight excluding hydrogens is 400 g/mol. The lowest BCUT2D eigenvalue weighted by Gasteiger charge is -2.06. The van der Waals surface area contributed by atoms with Gasteiger partial charge in [-0.05, 0) is 68.3 Å². The van der Waals surface area contributed by atoms with Gasteiger partial charge in [-0.15, -0.1) is 0 Å². The molecule has 1 amide bonds. The van der Waals surface area contributed by atoms with Crippen LogP contribution in [0.5, 0.6) is 5.75 Å². The highest BCUT2D eigenvalue weighted by atomic mass is 16.5. The molecular formula is C26H34N4O2. The van der Waals surface area contributed by atoms with Crippen molar-refractivity contribution in [3.05, 3.63) is 59.4 Å². The third-order valence-electron chi connectivity index (χ3n) is 5.54. The number of hydrogen-bond acceptors (Lipinski definition) is 4. The minimum absolute atomic E-state index is 0.259. The monoisotopic (exact) mass is 434 g/mol. The number of imidazole rings is 1. The maximum Gasteiger partial charge on any atom is 0.271 e. The predicted octanol–water partition coefficient (Wildman–Crippen LogP) is 5.87. The summed E-state index contributed by atoms with van der Waals surface area (Å²) >= 11 is 0. The largest absolute Gasteiger partial charge is 0.494 e. The van der Waals surface area contributed by atoms with Gasteiger partial charge >= 0.3 is 0 Å². The molecule has 170 valence electrons. The minimum Gasteiger partial charge on any atom is -0.494 e. The Kier molecular flexibility index (Phi) is 8.84. The molecule has 6 heteroatoms. The van der Waals surface area contributed by atoms with Crippen molar-refractivity contribution >= 4 is 23.2 Å². The summed E-state index contributed by atoms with van der Waals surface area (Å²) in [5.41, 5.74) is 5.87. The van der Waals surface area contributed by atoms with E-state index in [4.69, 9.17) is 4.74 Å². The molecule has 0 saturated heterocycles. The molecule has 1 aromatic heterocycles. The first-order chi connectivity index (χ1) is 15.6. The smallest absolute Gasteiger partial charge is 0.271 e. The molecule has 0 aliphatic heterocycles. The highest BCUT2D eigenvalue weighted by Gasteiger charge is 2.10. The fourth-order valence-electron chi connectivity index (χ4n) is 3.74. The third kappa shape index (κ3) is 6.42. The molecule has 0 spiro atoms. The molecule has 0 radical (unpaired) electrons. The average molecular weight is 435 g/mol. The van der Waals surface area contributed by atoms with E-state index < -0.39 is 0 Å². The zero-order valence-electron chi connectivity index (χ0n) is 19.4. The minimum atomic E-state index is -0.259. The first kappa shape index (κ1) is 23.5. The molecule has 6 nitrogen and oxygen atoms in total. The summed E-state index contributed by atoms with van der Waals surface area (Å²) in [4.78, 5) is 17.0. The molecule has 0 fully saturated rings. The van der Waals surface area contributed by atoms with Gasteiger partial charge in [-0.3, -0.25) is 4.79 Å². The molecule has 32 heavy (non-hydrogen) atoms. The number of nitrogens with one attached hydrogen (secondary N) is 1. The van der Waals surface area contributed by atoms with Crippen molar-refractivity contribution in [2.75, 3.05) is 6.61 Å². The lowest BCUT2D eigenvalue weighted by molar-refractivity contribution is 0.0955. The maximum atomic E-state index is 12.4. The van der Waals surface area contributed by atoms with Gasteiger partial charge in [0, 0.05) is 12.1 Å². The van der Waals surface area contributed by atoms with E-state index in [9.17, 15) is 4.79 Å². The van der Waals surface area contributed by atoms with E-state index in [1.807, 2.05) is 37.3 Å². The van der Waals surface area contributed by atoms with Crippen molar-refractivity contribution in [1.29, 1.82) is 0 Å². The normalized spacial score (nSPS) is 11.3. The quantitative estimate of drug-likeness (QED) is 0.220. The van der Waals surface area contributed by atoms with Crippen molar-refractivity contribution in [2.45, 2.75) is 65.8 Å². The van der Waals surface area contributed by atoms with Crippen molar-refractivity contribution in [1.82, 2.24) is 15.0 Å². The van der Waals surface area contributed by atoms with Gasteiger partial charge in [0.05, 0.1) is 23.9 Å². The van der Waals surface area contributed by atoms with Crippen molar-refractivity contribution in [3.63, 3.8) is 0 Å². The Balaban J connectivity index is 1.46. The summed E-state index contributed by atoms with van der Waals surface area (Å²) in [6.07, 6.45) is 9.14. The average Bonchev–Trinajstić information content (AvgIpc) is 3.13. The van der Waals surface area contributed by atoms with Crippen LogP contribution in [0, 0.1) is 6.92 Å². The summed E-state index contributed by atoms with van der Waals surface area (Å²) in [7, 11) is 0. The zero-order valence-corrected chi connectivity index (χ0v) is 19.4. The van der Waals surface area contributed by atoms with E-state index in [2.05, 4.69) is 33.9 Å². The first-order valence-electron chi connectivity index (χ1n) is 11.7. The lowest BCUT2D eigenvalue weighted by Crippen LogP contribution is -2.17. The Labute approximate surface area is 190 Å². The van der Waals surface area contributed by atoms with Gasteiger partial charge in [-0.25, -0.2) is 10.4 Å². The van der Waals surface area contributed by atoms with Gasteiger partial charge in [-0.1, -0.05) is 39.0 Å². The van der Waals surface area contributed by atoms with E-state index in [-0.39, 0.29) is 5.91 Å². The van der Waals surface area contributed by atoms with Crippen LogP contribution in [-0.4, -0.2) is 28.3 Å². The summed E-state index contributed by atoms with van der Waals surface area (Å²) < 4.78 is 7.92. The number of unbranched alkanes of at least 4 members (excludes halogenated alkanes) is 5. The molecule has 3 rings (SSSR count). The number of carbonyl (C=O) groups excluding carboxylic acids is 1. The van der Waals surface area contributed by atoms with Gasteiger partial charge < -0.3 is 9.30 Å². The van der Waals surface area contributed by atoms with Crippen molar-refractivity contribution in [2.24, 2.45) is 5.10 Å². The van der Waals surface area contributed by atoms with Crippen LogP contribution in [0.1, 0.15) is 74.1 Å². The fourth-order valence-corrected chi connectivity index (χ4v) is 3.74. The number of fused-ring (bicyclic) bond motifs is 1. The van der Waals surface area contributed by atoms with Crippen molar-refractivity contribution in [3.8, 4) is 5.75 Å². The number of ether oxygens (including phenoxy) is 1. The Morgan fingerprint density at radius 3 is 2.56 bits per heavy atom. The van der Waals surface area contributed by atoms with Crippen LogP contribution in [0.25, 0.3) is 11.0 Å². The van der Waals surface area contributed by atoms with Gasteiger partial charge in [0.15, 0.2) is 0 Å². The number of rotatable bonds is 12. The second-order valence-electron chi connectivity index (χ2n) is 7.99. The Bertz CT molecular complexity index is 1040. The third-order valence-corrected chi connectivity index (χ3v) is 5.54. The number of nitrogens with zero attached hydrogens (tertiary/aromatic N) is 3. The molecule has 0 atom stereocenters. The standard InChI is InChI=1S/C26H34N4O2/c1-4-6-7-8-9-10-17-32-23-14-11-21(12-15-23)19-27-29-26(31)22-13-16-25-24(18-22)28-20(3)30(25)5-2/h11-16,18-19H,4-10,17H2,1-3H3,(H,29,31). The summed E-state index contributed by atoms with van der Waals surface area (Å²) in [6.45, 7) is 7.88. The topological polar surface area (TPSA) is 68.5 Å². The molecule has 0 aliphatic carbocycles. The molecule has 2 aromatic carbocycles. The second kappa shape index (κ2) is 12.0. The van der Waals surface area contributed by atoms with Crippen LogP contribution in [0.3, 0.4) is 0 Å². The number of benzene rings is 2. The zero-order chi connectivity index (χ0) is 22.8. The number of hydrogen-bond donors (Lipinski definition) is 1. The van der Waals surface area contributed by atoms with E-state index in [1.54, 1.807) is 18.3 Å². The van der Waals surface area contributed by atoms with Crippen LogP contribution in [0.15, 0.2) is 47.6 Å². The fraction of sp³-hybridized carbons (Fsp3) is 0.423. The van der Waals surface area contributed by atoms with Crippen LogP contribution < -0.4 is 10.2 Å². The Morgan fingerprint density at radius 1 is 1.06 bits per heavy atom. The van der Waals surface area contributed by atoms with E-state index in [1.165, 1.54) is 32.1 Å². The molecule has 1 heterocycles. The van der Waals surface area contributed by atoms with Gasteiger partial charge in [0.2, 0.25) is 0 Å². The van der Waals surface area contributed by atoms with Crippen LogP contribution in [0.4, 0.5) is 0 Å². The number of amides is 1. The highest BCUT2D eigenvalue weighted by molar-refractivity contribution is 5.97. The summed E-state index contributed by atoms with van der Waals surface area (Å²) in [5.74, 6) is 1.54. The summed E-state index contributed by atoms with van der Waals surface area (Å²) in [5, 5.41) is 4.09. The maximum absolute atomic E-state index is 12.4. The SMILES string of the molecule is CCCCCCCCOc1ccc(C=NNC(=O)c2ccc3c(c2)nc(C)n3CC)cc1. The van der Waals surface area contributed by atoms with Crippen LogP contribution in [0.2, 0.25) is 0 Å². The van der Waals surface area contributed by atoms with Crippen LogP contribution in [-0.2, 0) is 6.54 Å². The number of carbonyl (C=O) groups is 1.